The molecular weight excluding hydrogens is 299 g/mol. The molecule has 0 bridgehead atoms. The fourth-order valence-electron chi connectivity index (χ4n) is 1.57. The number of sulfone groups is 1. The lowest BCUT2D eigenvalue weighted by atomic mass is 10.1. The van der Waals surface area contributed by atoms with Crippen molar-refractivity contribution in [2.75, 3.05) is 12.4 Å². The fraction of sp³-hybridized carbons (Fsp3) is 0.455. The molecule has 0 heterocycles. The summed E-state index contributed by atoms with van der Waals surface area (Å²) in [6.45, 7) is 0.782. The van der Waals surface area contributed by atoms with E-state index in [1.165, 1.54) is 25.1 Å². The van der Waals surface area contributed by atoms with Gasteiger partial charge in [0, 0.05) is 21.4 Å². The monoisotopic (exact) mass is 312 g/mol. The summed E-state index contributed by atoms with van der Waals surface area (Å²) in [5.41, 5.74) is 0.233. The molecule has 18 heavy (non-hydrogen) atoms. The van der Waals surface area contributed by atoms with Crippen LogP contribution in [-0.2, 0) is 9.84 Å². The number of hydrogen-bond donors (Lipinski definition) is 2. The van der Waals surface area contributed by atoms with Crippen LogP contribution in [0.25, 0.3) is 0 Å². The number of hydrogen-bond acceptors (Lipinski definition) is 4. The van der Waals surface area contributed by atoms with Crippen LogP contribution in [0.3, 0.4) is 0 Å². The van der Waals surface area contributed by atoms with Crippen LogP contribution in [-0.4, -0.2) is 36.2 Å². The van der Waals surface area contributed by atoms with Crippen molar-refractivity contribution < 1.29 is 18.6 Å². The summed E-state index contributed by atoms with van der Waals surface area (Å²) in [4.78, 5) is 0. The second kappa shape index (κ2) is 6.21. The lowest BCUT2D eigenvalue weighted by Crippen LogP contribution is -2.33. The largest absolute Gasteiger partial charge is 0.395 e. The van der Waals surface area contributed by atoms with E-state index in [4.69, 9.17) is 28.3 Å². The quantitative estimate of drug-likeness (QED) is 0.869. The van der Waals surface area contributed by atoms with Crippen LogP contribution in [0.15, 0.2) is 18.2 Å². The minimum Gasteiger partial charge on any atom is -0.395 e. The minimum atomic E-state index is -3.58. The average Bonchev–Trinajstić information content (AvgIpc) is 2.29. The molecule has 7 heteroatoms. The van der Waals surface area contributed by atoms with E-state index in [0.717, 1.165) is 0 Å². The zero-order chi connectivity index (χ0) is 13.9. The van der Waals surface area contributed by atoms with Gasteiger partial charge >= 0.3 is 0 Å². The Hall–Kier alpha value is -0.330. The second-order valence-electron chi connectivity index (χ2n) is 3.78. The Morgan fingerprint density at radius 1 is 1.33 bits per heavy atom. The molecule has 0 spiro atoms. The van der Waals surface area contributed by atoms with Gasteiger partial charge in [-0.1, -0.05) is 36.2 Å². The van der Waals surface area contributed by atoms with E-state index < -0.39 is 27.8 Å². The maximum Gasteiger partial charge on any atom is 0.158 e. The van der Waals surface area contributed by atoms with E-state index in [-0.39, 0.29) is 16.3 Å². The van der Waals surface area contributed by atoms with Crippen LogP contribution in [0.4, 0.5) is 0 Å². The molecule has 2 atom stereocenters. The van der Waals surface area contributed by atoms with Gasteiger partial charge in [-0.15, -0.1) is 0 Å². The highest BCUT2D eigenvalue weighted by molar-refractivity contribution is 7.92. The van der Waals surface area contributed by atoms with Crippen molar-refractivity contribution in [3.63, 3.8) is 0 Å². The Morgan fingerprint density at radius 3 is 2.39 bits per heavy atom. The van der Waals surface area contributed by atoms with Crippen LogP contribution >= 0.6 is 23.2 Å². The predicted octanol–water partition coefficient (Wildman–Crippen LogP) is 1.82. The van der Waals surface area contributed by atoms with Gasteiger partial charge in [0.05, 0.1) is 12.7 Å². The van der Waals surface area contributed by atoms with E-state index in [2.05, 4.69) is 0 Å². The SMILES string of the molecule is CCS(=O)(=O)[C@@H](CO)[C@@H](O)c1ccc(Cl)cc1Cl. The highest BCUT2D eigenvalue weighted by Crippen LogP contribution is 2.30. The Labute approximate surface area is 116 Å². The highest BCUT2D eigenvalue weighted by atomic mass is 35.5. The minimum absolute atomic E-state index is 0.166. The first-order valence-electron chi connectivity index (χ1n) is 5.29. The van der Waals surface area contributed by atoms with Crippen LogP contribution in [0.2, 0.25) is 10.0 Å². The van der Waals surface area contributed by atoms with E-state index in [1.54, 1.807) is 0 Å². The summed E-state index contributed by atoms with van der Waals surface area (Å²) in [5, 5.41) is 18.5. The smallest absolute Gasteiger partial charge is 0.158 e. The number of halogens is 2. The predicted molar refractivity (Wildman–Crippen MR) is 71.8 cm³/mol. The molecule has 102 valence electrons. The van der Waals surface area contributed by atoms with Crippen molar-refractivity contribution in [3.05, 3.63) is 33.8 Å². The third-order valence-corrected chi connectivity index (χ3v) is 5.37. The van der Waals surface area contributed by atoms with Gasteiger partial charge in [-0.25, -0.2) is 8.42 Å². The topological polar surface area (TPSA) is 74.6 Å². The van der Waals surface area contributed by atoms with Crippen molar-refractivity contribution >= 4 is 33.0 Å². The normalized spacial score (nSPS) is 15.4. The zero-order valence-electron chi connectivity index (χ0n) is 9.68. The summed E-state index contributed by atoms with van der Waals surface area (Å²) in [6.07, 6.45) is -1.38. The molecule has 1 rings (SSSR count). The first-order chi connectivity index (χ1) is 8.33. The lowest BCUT2D eigenvalue weighted by Gasteiger charge is -2.21. The maximum absolute atomic E-state index is 11.7. The Balaban J connectivity index is 3.15. The summed E-state index contributed by atoms with van der Waals surface area (Å²) in [6, 6.07) is 4.36. The Kier molecular flexibility index (Phi) is 5.43. The number of aliphatic hydroxyl groups excluding tert-OH is 2. The maximum atomic E-state index is 11.7. The summed E-state index contributed by atoms with van der Waals surface area (Å²) < 4.78 is 23.5. The summed E-state index contributed by atoms with van der Waals surface area (Å²) in [7, 11) is -3.58. The molecule has 0 saturated heterocycles. The van der Waals surface area contributed by atoms with Gasteiger partial charge in [0.2, 0.25) is 0 Å². The van der Waals surface area contributed by atoms with E-state index in [1.807, 2.05) is 0 Å². The van der Waals surface area contributed by atoms with Gasteiger partial charge in [-0.2, -0.15) is 0 Å². The molecule has 0 radical (unpaired) electrons. The molecule has 0 aliphatic carbocycles. The van der Waals surface area contributed by atoms with E-state index in [9.17, 15) is 13.5 Å². The van der Waals surface area contributed by atoms with Gasteiger partial charge < -0.3 is 10.2 Å². The van der Waals surface area contributed by atoms with E-state index >= 15 is 0 Å². The second-order valence-corrected chi connectivity index (χ2v) is 7.14. The average molecular weight is 313 g/mol. The first-order valence-corrected chi connectivity index (χ1v) is 7.76. The molecule has 1 aromatic carbocycles. The number of aliphatic hydroxyl groups is 2. The van der Waals surface area contributed by atoms with Gasteiger partial charge in [-0.3, -0.25) is 0 Å². The zero-order valence-corrected chi connectivity index (χ0v) is 12.0. The van der Waals surface area contributed by atoms with Gasteiger partial charge in [0.15, 0.2) is 9.84 Å². The first kappa shape index (κ1) is 15.7. The van der Waals surface area contributed by atoms with Crippen molar-refractivity contribution in [2.24, 2.45) is 0 Å². The van der Waals surface area contributed by atoms with Crippen molar-refractivity contribution in [1.82, 2.24) is 0 Å². The molecule has 0 amide bonds. The van der Waals surface area contributed by atoms with Crippen LogP contribution in [0.5, 0.6) is 0 Å². The standard InChI is InChI=1S/C11H14Cl2O4S/c1-2-18(16,17)10(6-14)11(15)8-4-3-7(12)5-9(8)13/h3-5,10-11,14-15H,2,6H2,1H3/t10-,11-/m0/s1. The third kappa shape index (κ3) is 3.36. The lowest BCUT2D eigenvalue weighted by molar-refractivity contribution is 0.138. The van der Waals surface area contributed by atoms with Gasteiger partial charge in [-0.05, 0) is 12.1 Å². The molecule has 0 fully saturated rings. The Bertz CT molecular complexity index is 516. The molecule has 2 N–H and O–H groups in total. The third-order valence-electron chi connectivity index (χ3n) is 2.68. The fourth-order valence-corrected chi connectivity index (χ4v) is 3.28. The van der Waals surface area contributed by atoms with Crippen molar-refractivity contribution in [2.45, 2.75) is 18.3 Å². The summed E-state index contributed by atoms with van der Waals surface area (Å²) >= 11 is 11.6. The van der Waals surface area contributed by atoms with Crippen molar-refractivity contribution in [3.8, 4) is 0 Å². The Morgan fingerprint density at radius 2 is 1.94 bits per heavy atom. The summed E-state index contributed by atoms with van der Waals surface area (Å²) in [5.74, 6) is -0.166. The molecular formula is C11H14Cl2O4S. The van der Waals surface area contributed by atoms with Crippen LogP contribution in [0, 0.1) is 0 Å². The van der Waals surface area contributed by atoms with Gasteiger partial charge in [0.1, 0.15) is 5.25 Å². The number of benzene rings is 1. The van der Waals surface area contributed by atoms with E-state index in [0.29, 0.717) is 5.02 Å². The van der Waals surface area contributed by atoms with Crippen LogP contribution in [0.1, 0.15) is 18.6 Å². The molecule has 1 aromatic rings. The van der Waals surface area contributed by atoms with Gasteiger partial charge in [0.25, 0.3) is 0 Å². The molecule has 0 aromatic heterocycles. The molecule has 0 aliphatic heterocycles. The molecule has 0 saturated carbocycles. The van der Waals surface area contributed by atoms with Crippen molar-refractivity contribution in [1.29, 1.82) is 0 Å². The molecule has 0 aliphatic rings. The van der Waals surface area contributed by atoms with Crippen LogP contribution < -0.4 is 0 Å². The molecule has 0 unspecified atom stereocenters. The number of rotatable bonds is 5. The molecule has 4 nitrogen and oxygen atoms in total. The highest BCUT2D eigenvalue weighted by Gasteiger charge is 2.32.